The fourth-order valence-corrected chi connectivity index (χ4v) is 2.83. The van der Waals surface area contributed by atoms with E-state index in [4.69, 9.17) is 17.3 Å². The molecule has 0 heterocycles. The average molecular weight is 289 g/mol. The fraction of sp³-hybridized carbons (Fsp3) is 0.333. The zero-order valence-corrected chi connectivity index (χ0v) is 12.2. The Morgan fingerprint density at radius 2 is 2.06 bits per heavy atom. The van der Waals surface area contributed by atoms with Crippen LogP contribution in [0.25, 0.3) is 0 Å². The molecule has 0 unspecified atom stereocenters. The Morgan fingerprint density at radius 1 is 1.44 bits per heavy atom. The molecule has 0 spiro atoms. The highest BCUT2D eigenvalue weighted by molar-refractivity contribution is 7.89. The molecule has 0 aromatic heterocycles. The summed E-state index contributed by atoms with van der Waals surface area (Å²) in [6, 6.07) is 2.93. The number of rotatable bonds is 4. The summed E-state index contributed by atoms with van der Waals surface area (Å²) >= 11 is 5.83. The third-order valence-corrected chi connectivity index (χ3v) is 4.26. The lowest BCUT2D eigenvalue weighted by molar-refractivity contribution is 0.585. The lowest BCUT2D eigenvalue weighted by Crippen LogP contribution is -2.24. The highest BCUT2D eigenvalue weighted by Crippen LogP contribution is 2.25. The van der Waals surface area contributed by atoms with Crippen molar-refractivity contribution in [1.82, 2.24) is 4.72 Å². The number of nitrogens with one attached hydrogen (secondary N) is 1. The van der Waals surface area contributed by atoms with Gasteiger partial charge in [-0.1, -0.05) is 23.3 Å². The first kappa shape index (κ1) is 15.0. The molecule has 6 heteroatoms. The van der Waals surface area contributed by atoms with E-state index in [1.807, 2.05) is 13.8 Å². The van der Waals surface area contributed by atoms with E-state index in [1.165, 1.54) is 6.07 Å². The molecular formula is C12H17ClN2O2S. The number of allylic oxidation sites excluding steroid dienone is 1. The van der Waals surface area contributed by atoms with E-state index in [2.05, 4.69) is 4.72 Å². The summed E-state index contributed by atoms with van der Waals surface area (Å²) in [4.78, 5) is 0.159. The highest BCUT2D eigenvalue weighted by Gasteiger charge is 2.17. The molecule has 0 fully saturated rings. The first-order valence-electron chi connectivity index (χ1n) is 5.42. The maximum Gasteiger partial charge on any atom is 0.241 e. The summed E-state index contributed by atoms with van der Waals surface area (Å²) in [7, 11) is -3.56. The van der Waals surface area contributed by atoms with Crippen LogP contribution in [0.4, 0.5) is 5.69 Å². The Hall–Kier alpha value is -1.04. The van der Waals surface area contributed by atoms with Crippen LogP contribution in [0.2, 0.25) is 5.02 Å². The number of benzene rings is 1. The molecule has 1 aromatic carbocycles. The number of nitrogens with two attached hydrogens (primary N) is 1. The van der Waals surface area contributed by atoms with Gasteiger partial charge in [-0.3, -0.25) is 0 Å². The predicted octanol–water partition coefficient (Wildman–Crippen LogP) is 2.48. The summed E-state index contributed by atoms with van der Waals surface area (Å²) < 4.78 is 26.6. The van der Waals surface area contributed by atoms with Crippen LogP contribution in [-0.2, 0) is 10.0 Å². The number of aryl methyl sites for hydroxylation is 1. The summed E-state index contributed by atoms with van der Waals surface area (Å²) in [5, 5.41) is 0.357. The Morgan fingerprint density at radius 3 is 2.61 bits per heavy atom. The Balaban J connectivity index is 3.06. The lowest BCUT2D eigenvalue weighted by Gasteiger charge is -2.10. The molecule has 0 saturated carbocycles. The van der Waals surface area contributed by atoms with Crippen LogP contribution in [-0.4, -0.2) is 15.0 Å². The quantitative estimate of drug-likeness (QED) is 0.660. The van der Waals surface area contributed by atoms with E-state index in [1.54, 1.807) is 19.1 Å². The Labute approximate surface area is 113 Å². The molecular weight excluding hydrogens is 272 g/mol. The first-order valence-corrected chi connectivity index (χ1v) is 7.29. The van der Waals surface area contributed by atoms with E-state index >= 15 is 0 Å². The van der Waals surface area contributed by atoms with Gasteiger partial charge in [0.1, 0.15) is 0 Å². The molecule has 1 aromatic rings. The van der Waals surface area contributed by atoms with Crippen molar-refractivity contribution >= 4 is 27.3 Å². The van der Waals surface area contributed by atoms with Gasteiger partial charge in [-0.05, 0) is 38.5 Å². The fourth-order valence-electron chi connectivity index (χ4n) is 1.39. The molecule has 0 aliphatic carbocycles. The van der Waals surface area contributed by atoms with Crippen LogP contribution in [0.15, 0.2) is 28.7 Å². The number of hydrogen-bond donors (Lipinski definition) is 2. The lowest BCUT2D eigenvalue weighted by atomic mass is 10.2. The zero-order valence-electron chi connectivity index (χ0n) is 10.6. The second kappa shape index (κ2) is 5.73. The largest absolute Gasteiger partial charge is 0.397 e. The molecule has 0 aliphatic rings. The zero-order chi connectivity index (χ0) is 13.9. The number of anilines is 1. The van der Waals surface area contributed by atoms with Gasteiger partial charge in [0.15, 0.2) is 0 Å². The molecule has 0 bridgehead atoms. The van der Waals surface area contributed by atoms with Crippen LogP contribution in [0.3, 0.4) is 0 Å². The monoisotopic (exact) mass is 288 g/mol. The van der Waals surface area contributed by atoms with Crippen molar-refractivity contribution < 1.29 is 8.42 Å². The van der Waals surface area contributed by atoms with Gasteiger partial charge in [-0.15, -0.1) is 0 Å². The van der Waals surface area contributed by atoms with Gasteiger partial charge in [-0.2, -0.15) is 0 Å². The second-order valence-electron chi connectivity index (χ2n) is 4.27. The Kier molecular flexibility index (Phi) is 4.78. The van der Waals surface area contributed by atoms with Gasteiger partial charge in [0.2, 0.25) is 10.0 Å². The summed E-state index contributed by atoms with van der Waals surface area (Å²) in [6.45, 7) is 5.74. The van der Waals surface area contributed by atoms with Crippen LogP contribution < -0.4 is 10.5 Å². The number of halogens is 1. The van der Waals surface area contributed by atoms with E-state index in [0.717, 1.165) is 5.57 Å². The summed E-state index contributed by atoms with van der Waals surface area (Å²) in [5.74, 6) is 0. The molecule has 0 atom stereocenters. The van der Waals surface area contributed by atoms with Crippen LogP contribution in [0.5, 0.6) is 0 Å². The van der Waals surface area contributed by atoms with Crippen molar-refractivity contribution in [3.05, 3.63) is 34.4 Å². The van der Waals surface area contributed by atoms with Crippen molar-refractivity contribution in [2.45, 2.75) is 25.7 Å². The molecule has 18 heavy (non-hydrogen) atoms. The van der Waals surface area contributed by atoms with Gasteiger partial charge in [-0.25, -0.2) is 13.1 Å². The van der Waals surface area contributed by atoms with E-state index < -0.39 is 10.0 Å². The number of sulfonamides is 1. The summed E-state index contributed by atoms with van der Waals surface area (Å²) in [6.07, 6.45) is 1.80. The maximum atomic E-state index is 12.1. The molecule has 1 rings (SSSR count). The first-order chi connectivity index (χ1) is 8.24. The van der Waals surface area contributed by atoms with Gasteiger partial charge >= 0.3 is 0 Å². The molecule has 0 radical (unpaired) electrons. The normalized spacial score (nSPS) is 11.3. The van der Waals surface area contributed by atoms with E-state index in [0.29, 0.717) is 10.6 Å². The third-order valence-electron chi connectivity index (χ3n) is 2.37. The van der Waals surface area contributed by atoms with Crippen molar-refractivity contribution in [1.29, 1.82) is 0 Å². The minimum atomic E-state index is -3.56. The highest BCUT2D eigenvalue weighted by atomic mass is 35.5. The standard InChI is InChI=1S/C12H17ClN2O2S/c1-8(2)4-5-15-18(16,17)12-7-11(14)10(13)6-9(12)3/h4,6-7,15H,5,14H2,1-3H3. The third kappa shape index (κ3) is 3.73. The van der Waals surface area contributed by atoms with Gasteiger partial charge in [0.25, 0.3) is 0 Å². The topological polar surface area (TPSA) is 72.2 Å². The predicted molar refractivity (Wildman–Crippen MR) is 75.2 cm³/mol. The van der Waals surface area contributed by atoms with Crippen LogP contribution >= 0.6 is 11.6 Å². The van der Waals surface area contributed by atoms with Crippen molar-refractivity contribution in [2.24, 2.45) is 0 Å². The smallest absolute Gasteiger partial charge is 0.241 e. The second-order valence-corrected chi connectivity index (χ2v) is 6.42. The molecule has 4 nitrogen and oxygen atoms in total. The molecule has 0 amide bonds. The van der Waals surface area contributed by atoms with Crippen molar-refractivity contribution in [3.63, 3.8) is 0 Å². The molecule has 0 aliphatic heterocycles. The SMILES string of the molecule is CC(C)=CCNS(=O)(=O)c1cc(N)c(Cl)cc1C. The van der Waals surface area contributed by atoms with Crippen molar-refractivity contribution in [3.8, 4) is 0 Å². The molecule has 100 valence electrons. The van der Waals surface area contributed by atoms with Gasteiger partial charge in [0.05, 0.1) is 15.6 Å². The van der Waals surface area contributed by atoms with E-state index in [-0.39, 0.29) is 17.1 Å². The van der Waals surface area contributed by atoms with E-state index in [9.17, 15) is 8.42 Å². The number of hydrogen-bond acceptors (Lipinski definition) is 3. The van der Waals surface area contributed by atoms with Crippen LogP contribution in [0.1, 0.15) is 19.4 Å². The van der Waals surface area contributed by atoms with Gasteiger partial charge < -0.3 is 5.73 Å². The summed E-state index contributed by atoms with van der Waals surface area (Å²) in [5.41, 5.74) is 7.50. The minimum Gasteiger partial charge on any atom is -0.397 e. The maximum absolute atomic E-state index is 12.1. The minimum absolute atomic E-state index is 0.159. The van der Waals surface area contributed by atoms with Crippen LogP contribution in [0, 0.1) is 6.92 Å². The van der Waals surface area contributed by atoms with Crippen molar-refractivity contribution in [2.75, 3.05) is 12.3 Å². The average Bonchev–Trinajstić information content (AvgIpc) is 2.22. The molecule has 3 N–H and O–H groups in total. The Bertz CT molecular complexity index is 576. The number of nitrogen functional groups attached to an aromatic ring is 1. The molecule has 0 saturated heterocycles. The van der Waals surface area contributed by atoms with Gasteiger partial charge in [0, 0.05) is 6.54 Å².